The summed E-state index contributed by atoms with van der Waals surface area (Å²) in [7, 11) is 0. The van der Waals surface area contributed by atoms with E-state index in [-0.39, 0.29) is 11.8 Å². The molecule has 0 saturated carbocycles. The molecule has 0 spiro atoms. The fourth-order valence-corrected chi connectivity index (χ4v) is 2.62. The molecule has 6 nitrogen and oxygen atoms in total. The third kappa shape index (κ3) is 4.88. The minimum absolute atomic E-state index is 0.223. The lowest BCUT2D eigenvalue weighted by Crippen LogP contribution is -2.18. The lowest BCUT2D eigenvalue weighted by molar-refractivity contribution is 0.0953. The van der Waals surface area contributed by atoms with Gasteiger partial charge in [0.1, 0.15) is 0 Å². The summed E-state index contributed by atoms with van der Waals surface area (Å²) in [6.07, 6.45) is 1.48. The van der Waals surface area contributed by atoms with E-state index in [1.54, 1.807) is 36.4 Å². The molecule has 1 heterocycles. The minimum atomic E-state index is -0.379. The summed E-state index contributed by atoms with van der Waals surface area (Å²) in [5.74, 6) is -0.602. The number of hydrogen-bond donors (Lipinski definition) is 2. The van der Waals surface area contributed by atoms with E-state index in [9.17, 15) is 9.59 Å². The number of aryl methyl sites for hydroxylation is 2. The first kappa shape index (κ1) is 19.0. The first-order chi connectivity index (χ1) is 13.5. The Labute approximate surface area is 163 Å². The van der Waals surface area contributed by atoms with Crippen LogP contribution in [0.5, 0.6) is 0 Å². The Hall–Kier alpha value is -3.80. The van der Waals surface area contributed by atoms with E-state index in [4.69, 9.17) is 0 Å². The normalized spacial score (nSPS) is 10.6. The predicted octanol–water partition coefficient (Wildman–Crippen LogP) is 3.71. The molecule has 0 aliphatic rings. The van der Waals surface area contributed by atoms with Crippen LogP contribution in [-0.2, 0) is 0 Å². The Morgan fingerprint density at radius 2 is 1.71 bits per heavy atom. The van der Waals surface area contributed by atoms with Crippen LogP contribution in [0.2, 0.25) is 0 Å². The zero-order valence-electron chi connectivity index (χ0n) is 15.6. The molecule has 0 unspecified atom stereocenters. The van der Waals surface area contributed by atoms with Crippen LogP contribution in [0.3, 0.4) is 0 Å². The van der Waals surface area contributed by atoms with Gasteiger partial charge >= 0.3 is 0 Å². The summed E-state index contributed by atoms with van der Waals surface area (Å²) in [4.78, 5) is 29.0. The second kappa shape index (κ2) is 8.73. The molecule has 140 valence electrons. The Kier molecular flexibility index (Phi) is 5.91. The Morgan fingerprint density at radius 1 is 0.929 bits per heavy atom. The quantitative estimate of drug-likeness (QED) is 0.529. The van der Waals surface area contributed by atoms with Crippen LogP contribution in [0.1, 0.15) is 37.7 Å². The molecule has 0 aliphatic carbocycles. The molecule has 0 saturated heterocycles. The maximum absolute atomic E-state index is 12.4. The van der Waals surface area contributed by atoms with Gasteiger partial charge in [-0.3, -0.25) is 14.6 Å². The largest absolute Gasteiger partial charge is 0.322 e. The summed E-state index contributed by atoms with van der Waals surface area (Å²) in [6.45, 7) is 3.76. The fourth-order valence-electron chi connectivity index (χ4n) is 2.62. The molecule has 1 aromatic heterocycles. The highest BCUT2D eigenvalue weighted by Gasteiger charge is 2.10. The molecule has 0 radical (unpaired) electrons. The summed E-state index contributed by atoms with van der Waals surface area (Å²) >= 11 is 0. The van der Waals surface area contributed by atoms with Gasteiger partial charge in [0.05, 0.1) is 11.9 Å². The van der Waals surface area contributed by atoms with Crippen LogP contribution in [0.25, 0.3) is 0 Å². The maximum atomic E-state index is 12.4. The molecule has 0 atom stereocenters. The van der Waals surface area contributed by atoms with E-state index in [1.165, 1.54) is 6.21 Å². The number of carbonyl (C=O) groups is 2. The van der Waals surface area contributed by atoms with Gasteiger partial charge in [0.25, 0.3) is 11.8 Å². The monoisotopic (exact) mass is 372 g/mol. The minimum Gasteiger partial charge on any atom is -0.322 e. The number of carbonyl (C=O) groups excluding carboxylic acids is 2. The van der Waals surface area contributed by atoms with Crippen molar-refractivity contribution in [3.63, 3.8) is 0 Å². The van der Waals surface area contributed by atoms with E-state index in [1.807, 2.05) is 44.2 Å². The topological polar surface area (TPSA) is 83.5 Å². The van der Waals surface area contributed by atoms with Gasteiger partial charge in [0, 0.05) is 22.5 Å². The SMILES string of the molecule is Cc1cccc(/C=N/NC(=O)c2cccc(NC(=O)c3ccccc3C)c2)n1. The summed E-state index contributed by atoms with van der Waals surface area (Å²) in [6, 6.07) is 19.6. The highest BCUT2D eigenvalue weighted by molar-refractivity contribution is 6.06. The van der Waals surface area contributed by atoms with Gasteiger partial charge in [-0.2, -0.15) is 5.10 Å². The van der Waals surface area contributed by atoms with Crippen molar-refractivity contribution in [1.82, 2.24) is 10.4 Å². The first-order valence-electron chi connectivity index (χ1n) is 8.77. The smallest absolute Gasteiger partial charge is 0.271 e. The average Bonchev–Trinajstić information content (AvgIpc) is 2.68. The molecule has 3 aromatic rings. The van der Waals surface area contributed by atoms with Gasteiger partial charge in [-0.1, -0.05) is 30.3 Å². The molecule has 2 amide bonds. The summed E-state index contributed by atoms with van der Waals surface area (Å²) in [5, 5.41) is 6.75. The maximum Gasteiger partial charge on any atom is 0.271 e. The van der Waals surface area contributed by atoms with Crippen molar-refractivity contribution >= 4 is 23.7 Å². The van der Waals surface area contributed by atoms with Crippen molar-refractivity contribution in [2.45, 2.75) is 13.8 Å². The van der Waals surface area contributed by atoms with Gasteiger partial charge in [0.2, 0.25) is 0 Å². The molecule has 6 heteroatoms. The molecular weight excluding hydrogens is 352 g/mol. The number of nitrogens with one attached hydrogen (secondary N) is 2. The number of hydrazone groups is 1. The Balaban J connectivity index is 1.66. The molecule has 3 rings (SSSR count). The van der Waals surface area contributed by atoms with Crippen molar-refractivity contribution < 1.29 is 9.59 Å². The molecule has 0 aliphatic heterocycles. The lowest BCUT2D eigenvalue weighted by atomic mass is 10.1. The molecule has 2 N–H and O–H groups in total. The lowest BCUT2D eigenvalue weighted by Gasteiger charge is -2.08. The van der Waals surface area contributed by atoms with Crippen LogP contribution in [0.4, 0.5) is 5.69 Å². The Bertz CT molecular complexity index is 1040. The number of nitrogens with zero attached hydrogens (tertiary/aromatic N) is 2. The third-order valence-electron chi connectivity index (χ3n) is 4.05. The van der Waals surface area contributed by atoms with Crippen LogP contribution in [0.15, 0.2) is 71.8 Å². The van der Waals surface area contributed by atoms with Crippen molar-refractivity contribution in [2.75, 3.05) is 5.32 Å². The van der Waals surface area contributed by atoms with E-state index < -0.39 is 0 Å². The van der Waals surface area contributed by atoms with Gasteiger partial charge in [0.15, 0.2) is 0 Å². The van der Waals surface area contributed by atoms with E-state index in [2.05, 4.69) is 20.8 Å². The molecule has 0 fully saturated rings. The van der Waals surface area contributed by atoms with Gasteiger partial charge in [-0.25, -0.2) is 5.43 Å². The number of rotatable bonds is 5. The van der Waals surface area contributed by atoms with Crippen molar-refractivity contribution in [2.24, 2.45) is 5.10 Å². The molecule has 0 bridgehead atoms. The number of hydrogen-bond acceptors (Lipinski definition) is 4. The highest BCUT2D eigenvalue weighted by atomic mass is 16.2. The third-order valence-corrected chi connectivity index (χ3v) is 4.05. The Morgan fingerprint density at radius 3 is 2.50 bits per heavy atom. The van der Waals surface area contributed by atoms with E-state index in [0.29, 0.717) is 22.5 Å². The number of pyridine rings is 1. The van der Waals surface area contributed by atoms with Crippen LogP contribution >= 0.6 is 0 Å². The predicted molar refractivity (Wildman–Crippen MR) is 110 cm³/mol. The van der Waals surface area contributed by atoms with Crippen LogP contribution < -0.4 is 10.7 Å². The highest BCUT2D eigenvalue weighted by Crippen LogP contribution is 2.14. The average molecular weight is 372 g/mol. The second-order valence-corrected chi connectivity index (χ2v) is 6.25. The number of amides is 2. The van der Waals surface area contributed by atoms with Crippen molar-refractivity contribution in [3.8, 4) is 0 Å². The van der Waals surface area contributed by atoms with Crippen molar-refractivity contribution in [1.29, 1.82) is 0 Å². The number of aromatic nitrogens is 1. The van der Waals surface area contributed by atoms with E-state index >= 15 is 0 Å². The summed E-state index contributed by atoms with van der Waals surface area (Å²) < 4.78 is 0. The zero-order valence-corrected chi connectivity index (χ0v) is 15.6. The number of anilines is 1. The second-order valence-electron chi connectivity index (χ2n) is 6.25. The number of benzene rings is 2. The van der Waals surface area contributed by atoms with Gasteiger partial charge < -0.3 is 5.32 Å². The first-order valence-corrected chi connectivity index (χ1v) is 8.77. The molecule has 28 heavy (non-hydrogen) atoms. The van der Waals surface area contributed by atoms with Crippen LogP contribution in [-0.4, -0.2) is 23.0 Å². The van der Waals surface area contributed by atoms with Crippen LogP contribution in [0, 0.1) is 13.8 Å². The standard InChI is InChI=1S/C22H20N4O2/c1-15-7-3-4-12-20(15)22(28)25-18-10-6-9-17(13-18)21(27)26-23-14-19-11-5-8-16(2)24-19/h3-14H,1-2H3,(H,25,28)(H,26,27)/b23-14+. The summed E-state index contributed by atoms with van der Waals surface area (Å²) in [5.41, 5.74) is 6.38. The fraction of sp³-hybridized carbons (Fsp3) is 0.0909. The van der Waals surface area contributed by atoms with E-state index in [0.717, 1.165) is 11.3 Å². The zero-order chi connectivity index (χ0) is 19.9. The van der Waals surface area contributed by atoms with Crippen molar-refractivity contribution in [3.05, 3.63) is 94.8 Å². The van der Waals surface area contributed by atoms with Gasteiger partial charge in [-0.05, 0) is 55.8 Å². The molecule has 2 aromatic carbocycles. The van der Waals surface area contributed by atoms with Gasteiger partial charge in [-0.15, -0.1) is 0 Å². The molecular formula is C22H20N4O2.